The van der Waals surface area contributed by atoms with E-state index in [-0.39, 0.29) is 17.7 Å². The highest BCUT2D eigenvalue weighted by Crippen LogP contribution is 2.21. The van der Waals surface area contributed by atoms with Gasteiger partial charge in [-0.2, -0.15) is 0 Å². The van der Waals surface area contributed by atoms with Crippen molar-refractivity contribution in [3.63, 3.8) is 0 Å². The second-order valence-corrected chi connectivity index (χ2v) is 6.43. The highest BCUT2D eigenvalue weighted by atomic mass is 16.5. The number of esters is 1. The number of fused-ring (bicyclic) bond motifs is 1. The summed E-state index contributed by atoms with van der Waals surface area (Å²) in [5.74, 6) is -4.59. The van der Waals surface area contributed by atoms with Crippen molar-refractivity contribution in [2.45, 2.75) is 0 Å². The summed E-state index contributed by atoms with van der Waals surface area (Å²) in [7, 11) is 1.16. The van der Waals surface area contributed by atoms with Crippen LogP contribution in [-0.2, 0) is 28.7 Å². The SMILES string of the molecule is COC(=O)CNC(=O)CNC(=O)CNC(=O)CNC(=O)CN1C(=O)c2ccccc2C1=O. The molecule has 170 valence electrons. The van der Waals surface area contributed by atoms with E-state index in [4.69, 9.17) is 0 Å². The van der Waals surface area contributed by atoms with Gasteiger partial charge < -0.3 is 26.0 Å². The van der Waals surface area contributed by atoms with Crippen LogP contribution < -0.4 is 21.3 Å². The molecular formula is C19H21N5O8. The zero-order valence-corrected chi connectivity index (χ0v) is 17.1. The Labute approximate surface area is 181 Å². The van der Waals surface area contributed by atoms with E-state index in [9.17, 15) is 33.6 Å². The van der Waals surface area contributed by atoms with Crippen LogP contribution >= 0.6 is 0 Å². The van der Waals surface area contributed by atoms with E-state index in [0.29, 0.717) is 0 Å². The minimum atomic E-state index is -0.735. The normalized spacial score (nSPS) is 12.0. The molecule has 13 heteroatoms. The molecule has 0 aliphatic carbocycles. The van der Waals surface area contributed by atoms with Gasteiger partial charge in [0.05, 0.1) is 37.9 Å². The van der Waals surface area contributed by atoms with Crippen molar-refractivity contribution in [1.82, 2.24) is 26.2 Å². The molecule has 1 aromatic carbocycles. The fourth-order valence-corrected chi connectivity index (χ4v) is 2.55. The summed E-state index contributed by atoms with van der Waals surface area (Å²) in [6.07, 6.45) is 0. The summed E-state index contributed by atoms with van der Waals surface area (Å²) in [5.41, 5.74) is 0.404. The van der Waals surface area contributed by atoms with Gasteiger partial charge in [0.2, 0.25) is 23.6 Å². The molecule has 13 nitrogen and oxygen atoms in total. The van der Waals surface area contributed by atoms with Gasteiger partial charge in [-0.1, -0.05) is 12.1 Å². The minimum absolute atomic E-state index is 0.202. The van der Waals surface area contributed by atoms with Gasteiger partial charge in [-0.3, -0.25) is 38.5 Å². The fraction of sp³-hybridized carbons (Fsp3) is 0.316. The number of carbonyl (C=O) groups is 7. The Morgan fingerprint density at radius 1 is 0.719 bits per heavy atom. The molecule has 0 unspecified atom stereocenters. The van der Waals surface area contributed by atoms with Crippen molar-refractivity contribution >= 4 is 41.4 Å². The summed E-state index contributed by atoms with van der Waals surface area (Å²) in [6.45, 7) is -2.27. The summed E-state index contributed by atoms with van der Waals surface area (Å²) in [6, 6.07) is 6.16. The minimum Gasteiger partial charge on any atom is -0.468 e. The van der Waals surface area contributed by atoms with Gasteiger partial charge in [-0.05, 0) is 12.1 Å². The number of hydrogen-bond acceptors (Lipinski definition) is 8. The van der Waals surface area contributed by atoms with Crippen LogP contribution in [0, 0.1) is 0 Å². The van der Waals surface area contributed by atoms with Crippen LogP contribution in [0.15, 0.2) is 24.3 Å². The number of benzene rings is 1. The second-order valence-electron chi connectivity index (χ2n) is 6.43. The Kier molecular flexibility index (Phi) is 8.39. The quantitative estimate of drug-likeness (QED) is 0.215. The predicted octanol–water partition coefficient (Wildman–Crippen LogP) is -3.08. The molecule has 0 aromatic heterocycles. The molecule has 6 amide bonds. The smallest absolute Gasteiger partial charge is 0.325 e. The van der Waals surface area contributed by atoms with E-state index in [1.165, 1.54) is 12.1 Å². The van der Waals surface area contributed by atoms with E-state index >= 15 is 0 Å². The third-order valence-electron chi connectivity index (χ3n) is 4.18. The Morgan fingerprint density at radius 2 is 1.12 bits per heavy atom. The van der Waals surface area contributed by atoms with E-state index in [0.717, 1.165) is 12.0 Å². The highest BCUT2D eigenvalue weighted by Gasteiger charge is 2.36. The Hall–Kier alpha value is -4.29. The van der Waals surface area contributed by atoms with Gasteiger partial charge in [-0.15, -0.1) is 0 Å². The molecule has 2 rings (SSSR count). The van der Waals surface area contributed by atoms with Gasteiger partial charge in [0.15, 0.2) is 0 Å². The maximum Gasteiger partial charge on any atom is 0.325 e. The molecule has 1 aliphatic heterocycles. The first-order chi connectivity index (χ1) is 15.2. The molecule has 32 heavy (non-hydrogen) atoms. The summed E-state index contributed by atoms with van der Waals surface area (Å²) < 4.78 is 4.34. The molecular weight excluding hydrogens is 426 g/mol. The van der Waals surface area contributed by atoms with Gasteiger partial charge in [0.1, 0.15) is 13.1 Å². The number of hydrogen-bond donors (Lipinski definition) is 4. The van der Waals surface area contributed by atoms with Crippen molar-refractivity contribution in [3.8, 4) is 0 Å². The van der Waals surface area contributed by atoms with Gasteiger partial charge in [-0.25, -0.2) is 0 Å². The number of methoxy groups -OCH3 is 1. The molecule has 1 heterocycles. The van der Waals surface area contributed by atoms with E-state index in [1.807, 2.05) is 0 Å². The van der Waals surface area contributed by atoms with Crippen molar-refractivity contribution in [2.75, 3.05) is 39.8 Å². The molecule has 0 bridgehead atoms. The highest BCUT2D eigenvalue weighted by molar-refractivity contribution is 6.22. The Balaban J connectivity index is 1.65. The lowest BCUT2D eigenvalue weighted by atomic mass is 10.1. The van der Waals surface area contributed by atoms with Crippen molar-refractivity contribution in [2.24, 2.45) is 0 Å². The number of imide groups is 1. The molecule has 0 spiro atoms. The summed E-state index contributed by atoms with van der Waals surface area (Å²) in [4.78, 5) is 82.9. The topological polar surface area (TPSA) is 180 Å². The largest absolute Gasteiger partial charge is 0.468 e. The lowest BCUT2D eigenvalue weighted by Crippen LogP contribution is -2.46. The van der Waals surface area contributed by atoms with Crippen LogP contribution in [0.5, 0.6) is 0 Å². The third kappa shape index (κ3) is 6.62. The molecule has 0 fully saturated rings. The van der Waals surface area contributed by atoms with Crippen LogP contribution in [0.3, 0.4) is 0 Å². The van der Waals surface area contributed by atoms with Crippen molar-refractivity contribution in [1.29, 1.82) is 0 Å². The fourth-order valence-electron chi connectivity index (χ4n) is 2.55. The molecule has 0 radical (unpaired) electrons. The van der Waals surface area contributed by atoms with Crippen LogP contribution in [0.1, 0.15) is 20.7 Å². The van der Waals surface area contributed by atoms with Gasteiger partial charge >= 0.3 is 5.97 Å². The zero-order chi connectivity index (χ0) is 23.7. The number of nitrogens with zero attached hydrogens (tertiary/aromatic N) is 1. The molecule has 0 saturated carbocycles. The Bertz CT molecular complexity index is 926. The standard InChI is InChI=1S/C19H21N5O8/c1-32-17(29)9-23-15(27)7-21-13(25)6-20-14(26)8-22-16(28)10-24-18(30)11-4-2-3-5-12(11)19(24)31/h2-5H,6-10H2,1H3,(H,20,26)(H,21,25)(H,22,28)(H,23,27). The lowest BCUT2D eigenvalue weighted by Gasteiger charge is -2.13. The maximum atomic E-state index is 12.2. The molecule has 0 atom stereocenters. The number of ether oxygens (including phenoxy) is 1. The Morgan fingerprint density at radius 3 is 1.56 bits per heavy atom. The first-order valence-corrected chi connectivity index (χ1v) is 9.31. The van der Waals surface area contributed by atoms with Crippen molar-refractivity contribution < 1.29 is 38.3 Å². The second kappa shape index (κ2) is 11.2. The van der Waals surface area contributed by atoms with E-state index in [1.54, 1.807) is 12.1 Å². The van der Waals surface area contributed by atoms with Crippen LogP contribution in [0.4, 0.5) is 0 Å². The predicted molar refractivity (Wildman–Crippen MR) is 106 cm³/mol. The number of nitrogens with one attached hydrogen (secondary N) is 4. The number of amides is 6. The van der Waals surface area contributed by atoms with E-state index < -0.39 is 67.6 Å². The monoisotopic (exact) mass is 447 g/mol. The zero-order valence-electron chi connectivity index (χ0n) is 17.1. The lowest BCUT2D eigenvalue weighted by molar-refractivity contribution is -0.141. The first-order valence-electron chi connectivity index (χ1n) is 9.31. The van der Waals surface area contributed by atoms with E-state index in [2.05, 4.69) is 26.0 Å². The number of carbonyl (C=O) groups excluding carboxylic acids is 7. The summed E-state index contributed by atoms with van der Waals surface area (Å²) in [5, 5.41) is 8.91. The molecule has 0 saturated heterocycles. The first kappa shape index (κ1) is 24.0. The van der Waals surface area contributed by atoms with Crippen molar-refractivity contribution in [3.05, 3.63) is 35.4 Å². The molecule has 1 aliphatic rings. The number of rotatable bonds is 10. The average Bonchev–Trinajstić information content (AvgIpc) is 3.03. The maximum absolute atomic E-state index is 12.2. The summed E-state index contributed by atoms with van der Waals surface area (Å²) >= 11 is 0. The molecule has 4 N–H and O–H groups in total. The van der Waals surface area contributed by atoms with Gasteiger partial charge in [0, 0.05) is 0 Å². The van der Waals surface area contributed by atoms with Crippen LogP contribution in [0.25, 0.3) is 0 Å². The molecule has 1 aromatic rings. The van der Waals surface area contributed by atoms with Crippen LogP contribution in [-0.4, -0.2) is 86.1 Å². The van der Waals surface area contributed by atoms with Gasteiger partial charge in [0.25, 0.3) is 11.8 Å². The average molecular weight is 447 g/mol. The third-order valence-corrected chi connectivity index (χ3v) is 4.18. The van der Waals surface area contributed by atoms with Crippen LogP contribution in [0.2, 0.25) is 0 Å².